The molecule has 0 fully saturated rings. The van der Waals surface area contributed by atoms with Crippen molar-refractivity contribution in [1.29, 1.82) is 0 Å². The molecular weight excluding hydrogens is 333 g/mol. The van der Waals surface area contributed by atoms with Crippen molar-refractivity contribution in [3.8, 4) is 23.0 Å². The number of halogens is 1. The number of anilines is 1. The lowest BCUT2D eigenvalue weighted by molar-refractivity contribution is 0.430. The summed E-state index contributed by atoms with van der Waals surface area (Å²) in [6, 6.07) is 19.4. The molecule has 0 saturated heterocycles. The number of hydrogen-bond donors (Lipinski definition) is 1. The lowest BCUT2D eigenvalue weighted by Gasteiger charge is -2.05. The highest BCUT2D eigenvalue weighted by Gasteiger charge is 2.12. The molecule has 0 aliphatic rings. The van der Waals surface area contributed by atoms with Gasteiger partial charge < -0.3 is 9.84 Å². The molecule has 6 nitrogen and oxygen atoms in total. The Labute approximate surface area is 148 Å². The van der Waals surface area contributed by atoms with Gasteiger partial charge in [-0.2, -0.15) is 4.98 Å². The zero-order chi connectivity index (χ0) is 17.8. The first-order chi connectivity index (χ1) is 12.8. The molecule has 2 heterocycles. The first-order valence-corrected chi connectivity index (χ1v) is 7.99. The van der Waals surface area contributed by atoms with Gasteiger partial charge in [0.15, 0.2) is 5.69 Å². The van der Waals surface area contributed by atoms with Crippen LogP contribution in [0.5, 0.6) is 0 Å². The summed E-state index contributed by atoms with van der Waals surface area (Å²) in [6.07, 6.45) is 0. The molecule has 0 radical (unpaired) electrons. The smallest absolute Gasteiger partial charge is 0.278 e. The summed E-state index contributed by atoms with van der Waals surface area (Å²) < 4.78 is 18.2. The third kappa shape index (κ3) is 3.56. The minimum atomic E-state index is -0.257. The average Bonchev–Trinajstić information content (AvgIpc) is 3.19. The van der Waals surface area contributed by atoms with Gasteiger partial charge in [-0.3, -0.25) is 0 Å². The van der Waals surface area contributed by atoms with Crippen LogP contribution in [0.25, 0.3) is 23.0 Å². The largest absolute Gasteiger partial charge is 0.365 e. The van der Waals surface area contributed by atoms with Crippen LogP contribution < -0.4 is 5.32 Å². The van der Waals surface area contributed by atoms with Crippen molar-refractivity contribution in [3.05, 3.63) is 78.1 Å². The minimum Gasteiger partial charge on any atom is -0.365 e. The maximum atomic E-state index is 12.9. The van der Waals surface area contributed by atoms with E-state index in [1.54, 1.807) is 24.3 Å². The monoisotopic (exact) mass is 347 g/mol. The highest BCUT2D eigenvalue weighted by molar-refractivity contribution is 5.57. The zero-order valence-corrected chi connectivity index (χ0v) is 13.6. The summed E-state index contributed by atoms with van der Waals surface area (Å²) >= 11 is 0. The lowest BCUT2D eigenvalue weighted by atomic mass is 10.2. The molecule has 26 heavy (non-hydrogen) atoms. The summed E-state index contributed by atoms with van der Waals surface area (Å²) in [5.74, 6) is 1.15. The lowest BCUT2D eigenvalue weighted by Crippen LogP contribution is -2.02. The standard InChI is InChI=1S/C19H14FN5O/c20-15-8-6-13(7-9-15)12-21-17-11-10-16(23-24-17)19-22-18(25-26-19)14-4-2-1-3-5-14/h1-11H,12H2,(H,21,24). The minimum absolute atomic E-state index is 0.257. The third-order valence-electron chi connectivity index (χ3n) is 3.73. The highest BCUT2D eigenvalue weighted by atomic mass is 19.1. The van der Waals surface area contributed by atoms with E-state index >= 15 is 0 Å². The molecular formula is C19H14FN5O. The van der Waals surface area contributed by atoms with E-state index in [-0.39, 0.29) is 5.82 Å². The Morgan fingerprint density at radius 1 is 0.885 bits per heavy atom. The Kier molecular flexibility index (Phi) is 4.34. The molecule has 0 saturated carbocycles. The topological polar surface area (TPSA) is 76.7 Å². The number of rotatable bonds is 5. The van der Waals surface area contributed by atoms with Crippen LogP contribution in [0.15, 0.2) is 71.3 Å². The van der Waals surface area contributed by atoms with Gasteiger partial charge in [-0.1, -0.05) is 47.6 Å². The van der Waals surface area contributed by atoms with Crippen molar-refractivity contribution in [2.75, 3.05) is 5.32 Å². The Hall–Kier alpha value is -3.61. The predicted octanol–water partition coefficient (Wildman–Crippen LogP) is 3.94. The second-order valence-electron chi connectivity index (χ2n) is 5.57. The fourth-order valence-corrected chi connectivity index (χ4v) is 2.37. The Morgan fingerprint density at radius 3 is 2.42 bits per heavy atom. The molecule has 0 bridgehead atoms. The highest BCUT2D eigenvalue weighted by Crippen LogP contribution is 2.20. The maximum Gasteiger partial charge on any atom is 0.278 e. The van der Waals surface area contributed by atoms with Crippen LogP contribution in [0.2, 0.25) is 0 Å². The quantitative estimate of drug-likeness (QED) is 0.589. The normalized spacial score (nSPS) is 10.7. The van der Waals surface area contributed by atoms with Gasteiger partial charge in [0.2, 0.25) is 5.82 Å². The van der Waals surface area contributed by atoms with Crippen LogP contribution in [0.3, 0.4) is 0 Å². The van der Waals surface area contributed by atoms with Gasteiger partial charge in [0.1, 0.15) is 11.6 Å². The van der Waals surface area contributed by atoms with Crippen LogP contribution in [0.4, 0.5) is 10.2 Å². The molecule has 0 spiro atoms. The fraction of sp³-hybridized carbons (Fsp3) is 0.0526. The van der Waals surface area contributed by atoms with Crippen molar-refractivity contribution in [3.63, 3.8) is 0 Å². The first kappa shape index (κ1) is 15.9. The number of aromatic nitrogens is 4. The maximum absolute atomic E-state index is 12.9. The predicted molar refractivity (Wildman–Crippen MR) is 94.5 cm³/mol. The molecule has 0 amide bonds. The first-order valence-electron chi connectivity index (χ1n) is 7.99. The van der Waals surface area contributed by atoms with Gasteiger partial charge in [-0.05, 0) is 29.8 Å². The van der Waals surface area contributed by atoms with Crippen LogP contribution in [0.1, 0.15) is 5.56 Å². The van der Waals surface area contributed by atoms with E-state index in [9.17, 15) is 4.39 Å². The number of benzene rings is 2. The van der Waals surface area contributed by atoms with Crippen molar-refractivity contribution < 1.29 is 8.91 Å². The molecule has 1 N–H and O–H groups in total. The molecule has 128 valence electrons. The molecule has 4 rings (SSSR count). The second kappa shape index (κ2) is 7.10. The van der Waals surface area contributed by atoms with E-state index in [2.05, 4.69) is 25.7 Å². The van der Waals surface area contributed by atoms with Gasteiger partial charge in [-0.15, -0.1) is 10.2 Å². The molecule has 0 aliphatic heterocycles. The molecule has 0 unspecified atom stereocenters. The van der Waals surface area contributed by atoms with Crippen LogP contribution in [0, 0.1) is 5.82 Å². The summed E-state index contributed by atoms with van der Waals surface area (Å²) in [7, 11) is 0. The number of nitrogens with zero attached hydrogens (tertiary/aromatic N) is 4. The number of hydrogen-bond acceptors (Lipinski definition) is 6. The van der Waals surface area contributed by atoms with E-state index in [1.165, 1.54) is 12.1 Å². The summed E-state index contributed by atoms with van der Waals surface area (Å²) in [5, 5.41) is 15.3. The van der Waals surface area contributed by atoms with Crippen LogP contribution >= 0.6 is 0 Å². The van der Waals surface area contributed by atoms with E-state index < -0.39 is 0 Å². The van der Waals surface area contributed by atoms with Gasteiger partial charge >= 0.3 is 0 Å². The van der Waals surface area contributed by atoms with E-state index in [1.807, 2.05) is 30.3 Å². The van der Waals surface area contributed by atoms with E-state index in [4.69, 9.17) is 4.52 Å². The molecule has 7 heteroatoms. The van der Waals surface area contributed by atoms with Crippen molar-refractivity contribution >= 4 is 5.82 Å². The Morgan fingerprint density at radius 2 is 1.69 bits per heavy atom. The zero-order valence-electron chi connectivity index (χ0n) is 13.6. The van der Waals surface area contributed by atoms with Crippen molar-refractivity contribution in [2.45, 2.75) is 6.54 Å². The summed E-state index contributed by atoms with van der Waals surface area (Å²) in [6.45, 7) is 0.521. The van der Waals surface area contributed by atoms with Gasteiger partial charge in [0.05, 0.1) is 0 Å². The summed E-state index contributed by atoms with van der Waals surface area (Å²) in [5.41, 5.74) is 2.31. The van der Waals surface area contributed by atoms with Gasteiger partial charge in [-0.25, -0.2) is 4.39 Å². The SMILES string of the molecule is Fc1ccc(CNc2ccc(-c3nc(-c4ccccc4)no3)nn2)cc1. The molecule has 0 atom stereocenters. The van der Waals surface area contributed by atoms with Gasteiger partial charge in [0, 0.05) is 12.1 Å². The Balaban J connectivity index is 1.44. The molecule has 4 aromatic rings. The Bertz CT molecular complexity index is 985. The van der Waals surface area contributed by atoms with E-state index in [0.29, 0.717) is 29.8 Å². The average molecular weight is 347 g/mol. The molecule has 2 aromatic carbocycles. The fourth-order valence-electron chi connectivity index (χ4n) is 2.37. The van der Waals surface area contributed by atoms with Gasteiger partial charge in [0.25, 0.3) is 5.89 Å². The van der Waals surface area contributed by atoms with Crippen molar-refractivity contribution in [1.82, 2.24) is 20.3 Å². The second-order valence-corrected chi connectivity index (χ2v) is 5.57. The van der Waals surface area contributed by atoms with Crippen LogP contribution in [-0.2, 0) is 6.54 Å². The molecule has 0 aliphatic carbocycles. The third-order valence-corrected chi connectivity index (χ3v) is 3.73. The van der Waals surface area contributed by atoms with E-state index in [0.717, 1.165) is 11.1 Å². The summed E-state index contributed by atoms with van der Waals surface area (Å²) in [4.78, 5) is 4.35. The number of nitrogens with one attached hydrogen (secondary N) is 1. The molecule has 2 aromatic heterocycles. The van der Waals surface area contributed by atoms with Crippen LogP contribution in [-0.4, -0.2) is 20.3 Å². The van der Waals surface area contributed by atoms with Crippen molar-refractivity contribution in [2.24, 2.45) is 0 Å².